The fourth-order valence-corrected chi connectivity index (χ4v) is 3.63. The third-order valence-corrected chi connectivity index (χ3v) is 4.54. The first-order valence-corrected chi connectivity index (χ1v) is 6.92. The third kappa shape index (κ3) is 1.31. The molecular weight excluding hydrogens is 255 g/mol. The van der Waals surface area contributed by atoms with Gasteiger partial charge in [0.1, 0.15) is 5.82 Å². The molecule has 4 heteroatoms. The highest BCUT2D eigenvalue weighted by atomic mass is 19.1. The smallest absolute Gasteiger partial charge is 0.227 e. The van der Waals surface area contributed by atoms with Gasteiger partial charge in [-0.15, -0.1) is 0 Å². The first-order valence-electron chi connectivity index (χ1n) is 6.92. The molecule has 2 aromatic rings. The molecule has 1 amide bonds. The van der Waals surface area contributed by atoms with Crippen LogP contribution in [0.5, 0.6) is 0 Å². The van der Waals surface area contributed by atoms with Crippen molar-refractivity contribution in [1.29, 1.82) is 0 Å². The summed E-state index contributed by atoms with van der Waals surface area (Å²) in [7, 11) is 0. The van der Waals surface area contributed by atoms with Gasteiger partial charge in [-0.3, -0.25) is 9.69 Å². The topological polar surface area (TPSA) is 25.2 Å². The first-order chi connectivity index (χ1) is 9.61. The van der Waals surface area contributed by atoms with Gasteiger partial charge in [0.05, 0.1) is 16.9 Å². The van der Waals surface area contributed by atoms with Crippen LogP contribution < -0.4 is 4.90 Å². The largest absolute Gasteiger partial charge is 0.316 e. The number of rotatable bonds is 0. The summed E-state index contributed by atoms with van der Waals surface area (Å²) in [6.07, 6.45) is 4.33. The van der Waals surface area contributed by atoms with E-state index in [9.17, 15) is 9.18 Å². The molecule has 0 spiro atoms. The number of carbonyl (C=O) groups excluding carboxylic acids is 1. The molecule has 0 N–H and O–H groups in total. The summed E-state index contributed by atoms with van der Waals surface area (Å²) in [5.74, 6) is -0.157. The first kappa shape index (κ1) is 11.7. The molecule has 1 saturated heterocycles. The van der Waals surface area contributed by atoms with E-state index in [0.717, 1.165) is 29.9 Å². The van der Waals surface area contributed by atoms with E-state index < -0.39 is 0 Å². The van der Waals surface area contributed by atoms with Crippen LogP contribution in [0.15, 0.2) is 36.5 Å². The van der Waals surface area contributed by atoms with Crippen LogP contribution in [-0.4, -0.2) is 10.5 Å². The average molecular weight is 270 g/mol. The Kier molecular flexibility index (Phi) is 2.18. The Labute approximate surface area is 116 Å². The van der Waals surface area contributed by atoms with E-state index >= 15 is 0 Å². The minimum absolute atomic E-state index is 0.124. The summed E-state index contributed by atoms with van der Waals surface area (Å²) >= 11 is 0. The minimum Gasteiger partial charge on any atom is -0.316 e. The number of piperidine rings is 1. The lowest BCUT2D eigenvalue weighted by molar-refractivity contribution is -0.121. The molecule has 2 aliphatic rings. The van der Waals surface area contributed by atoms with Gasteiger partial charge in [-0.25, -0.2) is 4.39 Å². The summed E-state index contributed by atoms with van der Waals surface area (Å²) in [5.41, 5.74) is 2.28. The number of nitrogens with zero attached hydrogens (tertiary/aromatic N) is 2. The van der Waals surface area contributed by atoms with E-state index in [1.807, 2.05) is 27.8 Å². The second-order valence-corrected chi connectivity index (χ2v) is 5.75. The third-order valence-electron chi connectivity index (χ3n) is 4.54. The minimum atomic E-state index is -0.330. The predicted octanol–water partition coefficient (Wildman–Crippen LogP) is 3.36. The van der Waals surface area contributed by atoms with Crippen molar-refractivity contribution in [1.82, 2.24) is 4.57 Å². The molecule has 0 bridgehead atoms. The van der Waals surface area contributed by atoms with Crippen LogP contribution in [0.4, 0.5) is 10.1 Å². The molecule has 2 aliphatic heterocycles. The fourth-order valence-electron chi connectivity index (χ4n) is 3.63. The monoisotopic (exact) mass is 270 g/mol. The Hall–Kier alpha value is -2.10. The van der Waals surface area contributed by atoms with Gasteiger partial charge in [-0.1, -0.05) is 0 Å². The highest BCUT2D eigenvalue weighted by Gasteiger charge is 2.46. The van der Waals surface area contributed by atoms with Crippen LogP contribution in [0.1, 0.15) is 31.9 Å². The van der Waals surface area contributed by atoms with Crippen molar-refractivity contribution in [2.75, 3.05) is 4.90 Å². The van der Waals surface area contributed by atoms with E-state index in [1.54, 1.807) is 6.07 Å². The number of hydrogen-bond donors (Lipinski definition) is 0. The van der Waals surface area contributed by atoms with Crippen LogP contribution in [0, 0.1) is 5.82 Å². The number of benzene rings is 1. The highest BCUT2D eigenvalue weighted by Crippen LogP contribution is 2.47. The second-order valence-electron chi connectivity index (χ2n) is 5.75. The van der Waals surface area contributed by atoms with Gasteiger partial charge < -0.3 is 4.57 Å². The van der Waals surface area contributed by atoms with Crippen LogP contribution in [-0.2, 0) is 10.3 Å². The van der Waals surface area contributed by atoms with Crippen molar-refractivity contribution < 1.29 is 9.18 Å². The molecule has 1 aromatic heterocycles. The Morgan fingerprint density at radius 2 is 2.10 bits per heavy atom. The van der Waals surface area contributed by atoms with E-state index in [2.05, 4.69) is 6.92 Å². The fraction of sp³-hybridized carbons (Fsp3) is 0.312. The van der Waals surface area contributed by atoms with Gasteiger partial charge in [0.15, 0.2) is 0 Å². The molecule has 0 aliphatic carbocycles. The zero-order valence-electron chi connectivity index (χ0n) is 11.3. The summed E-state index contributed by atoms with van der Waals surface area (Å²) in [6, 6.07) is 8.63. The van der Waals surface area contributed by atoms with E-state index in [1.165, 1.54) is 12.1 Å². The summed E-state index contributed by atoms with van der Waals surface area (Å²) in [4.78, 5) is 14.3. The lowest BCUT2D eigenvalue weighted by Gasteiger charge is -2.48. The number of halogens is 1. The van der Waals surface area contributed by atoms with E-state index in [-0.39, 0.29) is 17.3 Å². The Balaban J connectivity index is 2.06. The second kappa shape index (κ2) is 3.72. The molecule has 102 valence electrons. The van der Waals surface area contributed by atoms with E-state index in [4.69, 9.17) is 0 Å². The summed E-state index contributed by atoms with van der Waals surface area (Å²) in [5, 5.41) is 0. The van der Waals surface area contributed by atoms with Crippen LogP contribution >= 0.6 is 0 Å². The van der Waals surface area contributed by atoms with Crippen molar-refractivity contribution in [3.8, 4) is 5.69 Å². The Bertz CT molecular complexity index is 721. The maximum absolute atomic E-state index is 13.6. The Morgan fingerprint density at radius 3 is 2.95 bits per heavy atom. The lowest BCUT2D eigenvalue weighted by Crippen LogP contribution is -2.54. The number of aromatic nitrogens is 1. The lowest BCUT2D eigenvalue weighted by atomic mass is 9.82. The highest BCUT2D eigenvalue weighted by molar-refractivity contribution is 5.98. The maximum Gasteiger partial charge on any atom is 0.227 e. The molecule has 0 saturated carbocycles. The van der Waals surface area contributed by atoms with Gasteiger partial charge in [-0.2, -0.15) is 0 Å². The van der Waals surface area contributed by atoms with Gasteiger partial charge >= 0.3 is 0 Å². The molecular formula is C16H15FN2O. The van der Waals surface area contributed by atoms with Gasteiger partial charge in [0.2, 0.25) is 5.91 Å². The molecule has 1 fully saturated rings. The quantitative estimate of drug-likeness (QED) is 0.720. The molecule has 20 heavy (non-hydrogen) atoms. The van der Waals surface area contributed by atoms with Crippen molar-refractivity contribution in [2.24, 2.45) is 0 Å². The average Bonchev–Trinajstić information content (AvgIpc) is 2.90. The number of amides is 1. The predicted molar refractivity (Wildman–Crippen MR) is 74.4 cm³/mol. The standard InChI is InChI=1S/C16H15FN2O/c1-16-8-2-5-15(20)19(16)12-7-6-11(17)10-13(12)18-9-3-4-14(16)18/h3-4,6-7,9-10H,2,5,8H2,1H3. The summed E-state index contributed by atoms with van der Waals surface area (Å²) < 4.78 is 15.6. The van der Waals surface area contributed by atoms with E-state index in [0.29, 0.717) is 6.42 Å². The zero-order chi connectivity index (χ0) is 13.9. The molecule has 1 unspecified atom stereocenters. The molecule has 0 radical (unpaired) electrons. The molecule has 3 heterocycles. The van der Waals surface area contributed by atoms with Crippen LogP contribution in [0.25, 0.3) is 5.69 Å². The van der Waals surface area contributed by atoms with Crippen molar-refractivity contribution >= 4 is 11.6 Å². The van der Waals surface area contributed by atoms with Crippen molar-refractivity contribution in [2.45, 2.75) is 31.7 Å². The molecule has 1 atom stereocenters. The molecule has 1 aromatic carbocycles. The Morgan fingerprint density at radius 1 is 1.25 bits per heavy atom. The summed E-state index contributed by atoms with van der Waals surface area (Å²) in [6.45, 7) is 2.10. The van der Waals surface area contributed by atoms with Crippen molar-refractivity contribution in [3.63, 3.8) is 0 Å². The van der Waals surface area contributed by atoms with Gasteiger partial charge in [0, 0.05) is 18.3 Å². The SMILES string of the molecule is CC12CCCC(=O)N1c1ccc(F)cc1-n1cccc12. The number of fused-ring (bicyclic) bond motifs is 6. The van der Waals surface area contributed by atoms with Gasteiger partial charge in [-0.05, 0) is 50.1 Å². The van der Waals surface area contributed by atoms with Gasteiger partial charge in [0.25, 0.3) is 0 Å². The number of hydrogen-bond acceptors (Lipinski definition) is 1. The van der Waals surface area contributed by atoms with Crippen molar-refractivity contribution in [3.05, 3.63) is 48.0 Å². The normalized spacial score (nSPS) is 24.1. The molecule has 4 rings (SSSR count). The van der Waals surface area contributed by atoms with Crippen LogP contribution in [0.2, 0.25) is 0 Å². The number of carbonyl (C=O) groups is 1. The number of anilines is 1. The van der Waals surface area contributed by atoms with Crippen LogP contribution in [0.3, 0.4) is 0 Å². The maximum atomic E-state index is 13.6. The zero-order valence-corrected chi connectivity index (χ0v) is 11.3. The molecule has 3 nitrogen and oxygen atoms in total.